The number of nitro groups is 1. The highest BCUT2D eigenvalue weighted by Gasteiger charge is 2.23. The summed E-state index contributed by atoms with van der Waals surface area (Å²) >= 11 is 3.96. The van der Waals surface area contributed by atoms with Crippen LogP contribution in [0.15, 0.2) is 6.20 Å². The molecule has 1 aromatic rings. The molecule has 0 unspecified atom stereocenters. The molecule has 1 atom stereocenters. The molecule has 1 rings (SSSR count). The summed E-state index contributed by atoms with van der Waals surface area (Å²) in [5.41, 5.74) is -0.355. The van der Waals surface area contributed by atoms with Gasteiger partial charge in [0.1, 0.15) is 18.8 Å². The van der Waals surface area contributed by atoms with Gasteiger partial charge in [0, 0.05) is 5.75 Å². The average molecular weight is 332 g/mol. The predicted molar refractivity (Wildman–Crippen MR) is 77.9 cm³/mol. The quantitative estimate of drug-likeness (QED) is 0.292. The summed E-state index contributed by atoms with van der Waals surface area (Å²) in [6.07, 6.45) is 1.07. The van der Waals surface area contributed by atoms with Crippen LogP contribution in [-0.2, 0) is 20.9 Å². The van der Waals surface area contributed by atoms with Crippen LogP contribution in [0.3, 0.4) is 0 Å². The molecule has 11 heteroatoms. The van der Waals surface area contributed by atoms with Crippen molar-refractivity contribution in [1.29, 1.82) is 0 Å². The topological polar surface area (TPSA) is 126 Å². The van der Waals surface area contributed by atoms with Gasteiger partial charge in [0.05, 0.1) is 18.6 Å². The van der Waals surface area contributed by atoms with Gasteiger partial charge in [-0.3, -0.25) is 19.6 Å². The first-order valence-corrected chi connectivity index (χ1v) is 6.88. The Bertz CT molecular complexity index is 561. The molecule has 0 aromatic carbocycles. The SMILES string of the molecule is CCOC(=O)[C@H](CS)NC(=O)Cn1cc([N+](=O)[O-])c(OC)n1. The van der Waals surface area contributed by atoms with Crippen LogP contribution in [0.2, 0.25) is 0 Å². The Kier molecular flexibility index (Phi) is 6.63. The van der Waals surface area contributed by atoms with Crippen LogP contribution in [0.1, 0.15) is 6.92 Å². The number of methoxy groups -OCH3 is 1. The molecule has 0 saturated heterocycles. The molecule has 1 amide bonds. The smallest absolute Gasteiger partial charge is 0.350 e. The summed E-state index contributed by atoms with van der Waals surface area (Å²) in [5.74, 6) is -1.30. The number of carbonyl (C=O) groups excluding carboxylic acids is 2. The molecule has 122 valence electrons. The molecule has 10 nitrogen and oxygen atoms in total. The molecule has 1 heterocycles. The summed E-state index contributed by atoms with van der Waals surface area (Å²) in [5, 5.41) is 16.9. The van der Waals surface area contributed by atoms with E-state index in [0.717, 1.165) is 10.9 Å². The highest BCUT2D eigenvalue weighted by Crippen LogP contribution is 2.23. The first kappa shape index (κ1) is 17.8. The molecule has 0 aliphatic heterocycles. The van der Waals surface area contributed by atoms with Gasteiger partial charge in [0.15, 0.2) is 0 Å². The number of hydrogen-bond acceptors (Lipinski definition) is 8. The lowest BCUT2D eigenvalue weighted by Gasteiger charge is -2.14. The number of thiol groups is 1. The summed E-state index contributed by atoms with van der Waals surface area (Å²) in [4.78, 5) is 33.5. The van der Waals surface area contributed by atoms with Gasteiger partial charge < -0.3 is 14.8 Å². The number of aromatic nitrogens is 2. The fraction of sp³-hybridized carbons (Fsp3) is 0.545. The number of amides is 1. The van der Waals surface area contributed by atoms with Crippen LogP contribution >= 0.6 is 12.6 Å². The monoisotopic (exact) mass is 332 g/mol. The van der Waals surface area contributed by atoms with Crippen LogP contribution in [0.5, 0.6) is 5.88 Å². The third-order valence-corrected chi connectivity index (χ3v) is 2.86. The molecular weight excluding hydrogens is 316 g/mol. The van der Waals surface area contributed by atoms with Crippen LogP contribution < -0.4 is 10.1 Å². The van der Waals surface area contributed by atoms with Gasteiger partial charge in [-0.05, 0) is 6.92 Å². The predicted octanol–water partition coefficient (Wildman–Crippen LogP) is -0.222. The van der Waals surface area contributed by atoms with Crippen LogP contribution in [-0.4, -0.2) is 52.1 Å². The lowest BCUT2D eigenvalue weighted by Crippen LogP contribution is -2.44. The Hall–Kier alpha value is -2.30. The maximum Gasteiger partial charge on any atom is 0.350 e. The molecule has 0 saturated carbocycles. The van der Waals surface area contributed by atoms with E-state index < -0.39 is 22.8 Å². The van der Waals surface area contributed by atoms with Gasteiger partial charge in [-0.2, -0.15) is 12.6 Å². The Balaban J connectivity index is 2.72. The van der Waals surface area contributed by atoms with E-state index in [2.05, 4.69) is 23.0 Å². The van der Waals surface area contributed by atoms with Crippen molar-refractivity contribution in [2.24, 2.45) is 0 Å². The van der Waals surface area contributed by atoms with Gasteiger partial charge in [0.2, 0.25) is 5.91 Å². The molecule has 22 heavy (non-hydrogen) atoms. The standard InChI is InChI=1S/C11H16N4O6S/c1-3-21-11(17)7(6-22)12-9(16)5-14-4-8(15(18)19)10(13-14)20-2/h4,7,22H,3,5-6H2,1-2H3,(H,12,16)/t7-/m0/s1. The summed E-state index contributed by atoms with van der Waals surface area (Å²) in [6.45, 7) is 1.51. The summed E-state index contributed by atoms with van der Waals surface area (Å²) < 4.78 is 10.6. The van der Waals surface area contributed by atoms with Gasteiger partial charge in [-0.1, -0.05) is 0 Å². The van der Waals surface area contributed by atoms with E-state index in [-0.39, 0.29) is 30.5 Å². The Morgan fingerprint density at radius 2 is 2.27 bits per heavy atom. The van der Waals surface area contributed by atoms with E-state index in [4.69, 9.17) is 9.47 Å². The van der Waals surface area contributed by atoms with Crippen LogP contribution in [0.25, 0.3) is 0 Å². The highest BCUT2D eigenvalue weighted by molar-refractivity contribution is 7.80. The zero-order valence-corrected chi connectivity index (χ0v) is 12.9. The zero-order valence-electron chi connectivity index (χ0n) is 12.0. The highest BCUT2D eigenvalue weighted by atomic mass is 32.1. The number of carbonyl (C=O) groups is 2. The van der Waals surface area contributed by atoms with Crippen molar-refractivity contribution < 1.29 is 24.0 Å². The average Bonchev–Trinajstić information content (AvgIpc) is 2.88. The number of nitrogens with zero attached hydrogens (tertiary/aromatic N) is 3. The fourth-order valence-corrected chi connectivity index (χ4v) is 1.79. The van der Waals surface area contributed by atoms with Crippen LogP contribution in [0, 0.1) is 10.1 Å². The third kappa shape index (κ3) is 4.62. The number of esters is 1. The number of ether oxygens (including phenoxy) is 2. The van der Waals surface area contributed by atoms with Gasteiger partial charge in [-0.15, -0.1) is 5.10 Å². The largest absolute Gasteiger partial charge is 0.475 e. The van der Waals surface area contributed by atoms with Crippen molar-refractivity contribution in [3.05, 3.63) is 16.3 Å². The number of rotatable bonds is 8. The van der Waals surface area contributed by atoms with Gasteiger partial charge in [-0.25, -0.2) is 4.79 Å². The van der Waals surface area contributed by atoms with E-state index in [1.807, 2.05) is 0 Å². The molecule has 0 radical (unpaired) electrons. The number of nitrogens with one attached hydrogen (secondary N) is 1. The molecule has 0 aliphatic rings. The summed E-state index contributed by atoms with van der Waals surface area (Å²) in [7, 11) is 1.23. The molecule has 0 spiro atoms. The van der Waals surface area contributed by atoms with Crippen molar-refractivity contribution in [1.82, 2.24) is 15.1 Å². The minimum absolute atomic E-state index is 0.0626. The lowest BCUT2D eigenvalue weighted by molar-refractivity contribution is -0.385. The molecule has 1 aromatic heterocycles. The van der Waals surface area contributed by atoms with E-state index in [9.17, 15) is 19.7 Å². The van der Waals surface area contributed by atoms with Crippen molar-refractivity contribution >= 4 is 30.2 Å². The van der Waals surface area contributed by atoms with E-state index in [1.54, 1.807) is 6.92 Å². The minimum atomic E-state index is -0.900. The van der Waals surface area contributed by atoms with Crippen molar-refractivity contribution in [3.63, 3.8) is 0 Å². The van der Waals surface area contributed by atoms with E-state index in [0.29, 0.717) is 0 Å². The molecule has 0 aliphatic carbocycles. The van der Waals surface area contributed by atoms with Crippen molar-refractivity contribution in [2.45, 2.75) is 19.5 Å². The molecule has 0 fully saturated rings. The second-order valence-electron chi connectivity index (χ2n) is 4.03. The van der Waals surface area contributed by atoms with Crippen LogP contribution in [0.4, 0.5) is 5.69 Å². The Morgan fingerprint density at radius 3 is 2.73 bits per heavy atom. The second kappa shape index (κ2) is 8.22. The third-order valence-electron chi connectivity index (χ3n) is 2.49. The van der Waals surface area contributed by atoms with E-state index in [1.165, 1.54) is 7.11 Å². The fourth-order valence-electron chi connectivity index (χ4n) is 1.55. The lowest BCUT2D eigenvalue weighted by atomic mass is 10.3. The molecular formula is C11H16N4O6S. The first-order chi connectivity index (χ1) is 10.4. The van der Waals surface area contributed by atoms with Gasteiger partial charge >= 0.3 is 17.5 Å². The number of hydrogen-bond donors (Lipinski definition) is 2. The molecule has 1 N–H and O–H groups in total. The Labute approximate surface area is 131 Å². The van der Waals surface area contributed by atoms with E-state index >= 15 is 0 Å². The summed E-state index contributed by atoms with van der Waals surface area (Å²) in [6, 6.07) is -0.900. The zero-order chi connectivity index (χ0) is 16.7. The second-order valence-corrected chi connectivity index (χ2v) is 4.40. The van der Waals surface area contributed by atoms with Crippen molar-refractivity contribution in [3.8, 4) is 5.88 Å². The maximum absolute atomic E-state index is 11.8. The maximum atomic E-state index is 11.8. The Morgan fingerprint density at radius 1 is 1.59 bits per heavy atom. The molecule has 0 bridgehead atoms. The van der Waals surface area contributed by atoms with Crippen molar-refractivity contribution in [2.75, 3.05) is 19.5 Å². The first-order valence-electron chi connectivity index (χ1n) is 6.25. The minimum Gasteiger partial charge on any atom is -0.475 e. The van der Waals surface area contributed by atoms with Gasteiger partial charge in [0.25, 0.3) is 0 Å². The normalized spacial score (nSPS) is 11.6.